The summed E-state index contributed by atoms with van der Waals surface area (Å²) in [5.74, 6) is 2.28. The minimum atomic E-state index is 0.307. The van der Waals surface area contributed by atoms with Crippen LogP contribution in [0.4, 0.5) is 0 Å². The third kappa shape index (κ3) is 3.40. The number of para-hydroxylation sites is 2. The lowest BCUT2D eigenvalue weighted by atomic mass is 10.2. The second-order valence-electron chi connectivity index (χ2n) is 6.03. The van der Waals surface area contributed by atoms with E-state index >= 15 is 0 Å². The molecular weight excluding hydrogens is 340 g/mol. The minimum absolute atomic E-state index is 0.307. The molecule has 4 aromatic rings. The molecular formula is C22H18N2O3. The van der Waals surface area contributed by atoms with Gasteiger partial charge in [0.25, 0.3) is 0 Å². The largest absolute Gasteiger partial charge is 0.497 e. The summed E-state index contributed by atoms with van der Waals surface area (Å²) in [5, 5.41) is 0. The molecule has 0 N–H and O–H groups in total. The fraction of sp³-hybridized carbons (Fsp3) is 0.0909. The lowest BCUT2D eigenvalue weighted by Gasteiger charge is -2.11. The van der Waals surface area contributed by atoms with Gasteiger partial charge in [-0.25, -0.2) is 4.98 Å². The third-order valence-electron chi connectivity index (χ3n) is 4.34. The number of aromatic nitrogens is 2. The molecule has 0 amide bonds. The zero-order valence-corrected chi connectivity index (χ0v) is 14.8. The molecule has 0 radical (unpaired) electrons. The molecule has 5 nitrogen and oxygen atoms in total. The van der Waals surface area contributed by atoms with Gasteiger partial charge in [-0.05, 0) is 60.7 Å². The van der Waals surface area contributed by atoms with Crippen molar-refractivity contribution in [2.24, 2.45) is 0 Å². The summed E-state index contributed by atoms with van der Waals surface area (Å²) < 4.78 is 13.2. The van der Waals surface area contributed by atoms with E-state index in [1.54, 1.807) is 31.4 Å². The van der Waals surface area contributed by atoms with E-state index in [0.29, 0.717) is 17.9 Å². The van der Waals surface area contributed by atoms with Crippen molar-refractivity contribution in [1.82, 2.24) is 9.55 Å². The zero-order chi connectivity index (χ0) is 18.6. The van der Waals surface area contributed by atoms with Crippen LogP contribution in [0.5, 0.6) is 11.5 Å². The smallest absolute Gasteiger partial charge is 0.152 e. The summed E-state index contributed by atoms with van der Waals surface area (Å²) in [5.41, 5.74) is 3.52. The number of fused-ring (bicyclic) bond motifs is 1. The maximum absolute atomic E-state index is 10.8. The van der Waals surface area contributed by atoms with Crippen molar-refractivity contribution in [2.45, 2.75) is 6.61 Å². The SMILES string of the molecule is COc1ccc(-n2c(COc3ccc(C=O)cc3)nc3ccccc32)cc1. The molecule has 0 aliphatic carbocycles. The number of nitrogens with zero attached hydrogens (tertiary/aromatic N) is 2. The number of carbonyl (C=O) groups is 1. The Bertz CT molecular complexity index is 1070. The summed E-state index contributed by atoms with van der Waals surface area (Å²) >= 11 is 0. The van der Waals surface area contributed by atoms with Gasteiger partial charge in [0.15, 0.2) is 5.82 Å². The van der Waals surface area contributed by atoms with Crippen LogP contribution in [0.15, 0.2) is 72.8 Å². The number of ether oxygens (including phenoxy) is 2. The molecule has 0 aliphatic rings. The van der Waals surface area contributed by atoms with Gasteiger partial charge in [-0.3, -0.25) is 9.36 Å². The normalized spacial score (nSPS) is 10.7. The van der Waals surface area contributed by atoms with E-state index in [-0.39, 0.29) is 0 Å². The first kappa shape index (κ1) is 16.8. The quantitative estimate of drug-likeness (QED) is 0.479. The van der Waals surface area contributed by atoms with Crippen LogP contribution in [-0.4, -0.2) is 22.9 Å². The van der Waals surface area contributed by atoms with E-state index in [1.165, 1.54) is 0 Å². The first-order valence-corrected chi connectivity index (χ1v) is 8.57. The Morgan fingerprint density at radius 3 is 2.33 bits per heavy atom. The summed E-state index contributed by atoms with van der Waals surface area (Å²) in [7, 11) is 1.65. The average Bonchev–Trinajstić information content (AvgIpc) is 3.11. The highest BCUT2D eigenvalue weighted by Crippen LogP contribution is 2.24. The van der Waals surface area contributed by atoms with Gasteiger partial charge in [0.1, 0.15) is 24.4 Å². The van der Waals surface area contributed by atoms with Crippen LogP contribution in [0.25, 0.3) is 16.7 Å². The van der Waals surface area contributed by atoms with Crippen molar-refractivity contribution in [3.05, 3.63) is 84.2 Å². The predicted molar refractivity (Wildman–Crippen MR) is 104 cm³/mol. The Balaban J connectivity index is 1.69. The maximum Gasteiger partial charge on any atom is 0.152 e. The fourth-order valence-corrected chi connectivity index (χ4v) is 2.98. The van der Waals surface area contributed by atoms with Gasteiger partial charge in [-0.2, -0.15) is 0 Å². The van der Waals surface area contributed by atoms with Crippen LogP contribution in [0.3, 0.4) is 0 Å². The number of methoxy groups -OCH3 is 1. The molecule has 0 aliphatic heterocycles. The second-order valence-corrected chi connectivity index (χ2v) is 6.03. The van der Waals surface area contributed by atoms with Crippen LogP contribution in [-0.2, 0) is 6.61 Å². The van der Waals surface area contributed by atoms with Gasteiger partial charge >= 0.3 is 0 Å². The molecule has 4 rings (SSSR count). The molecule has 0 unspecified atom stereocenters. The topological polar surface area (TPSA) is 53.4 Å². The van der Waals surface area contributed by atoms with Crippen molar-refractivity contribution in [3.63, 3.8) is 0 Å². The van der Waals surface area contributed by atoms with E-state index < -0.39 is 0 Å². The van der Waals surface area contributed by atoms with E-state index in [9.17, 15) is 4.79 Å². The zero-order valence-electron chi connectivity index (χ0n) is 14.8. The van der Waals surface area contributed by atoms with Crippen molar-refractivity contribution in [2.75, 3.05) is 7.11 Å². The highest BCUT2D eigenvalue weighted by molar-refractivity contribution is 5.78. The molecule has 27 heavy (non-hydrogen) atoms. The molecule has 3 aromatic carbocycles. The molecule has 0 fully saturated rings. The number of hydrogen-bond donors (Lipinski definition) is 0. The Labute approximate surface area is 156 Å². The Morgan fingerprint density at radius 1 is 0.926 bits per heavy atom. The fourth-order valence-electron chi connectivity index (χ4n) is 2.98. The van der Waals surface area contributed by atoms with Gasteiger partial charge in [0.2, 0.25) is 0 Å². The third-order valence-corrected chi connectivity index (χ3v) is 4.34. The van der Waals surface area contributed by atoms with Gasteiger partial charge < -0.3 is 9.47 Å². The molecule has 0 saturated carbocycles. The summed E-state index contributed by atoms with van der Waals surface area (Å²) in [6.45, 7) is 0.307. The van der Waals surface area contributed by atoms with Crippen LogP contribution < -0.4 is 9.47 Å². The van der Waals surface area contributed by atoms with Gasteiger partial charge in [-0.15, -0.1) is 0 Å². The van der Waals surface area contributed by atoms with Crippen molar-refractivity contribution in [1.29, 1.82) is 0 Å². The van der Waals surface area contributed by atoms with Crippen molar-refractivity contribution >= 4 is 17.3 Å². The molecule has 5 heteroatoms. The van der Waals surface area contributed by atoms with E-state index in [2.05, 4.69) is 4.57 Å². The van der Waals surface area contributed by atoms with E-state index in [4.69, 9.17) is 14.5 Å². The number of imidazole rings is 1. The molecule has 1 heterocycles. The predicted octanol–water partition coefficient (Wildman–Crippen LogP) is 4.43. The van der Waals surface area contributed by atoms with Gasteiger partial charge in [-0.1, -0.05) is 12.1 Å². The number of rotatable bonds is 6. The molecule has 1 aromatic heterocycles. The van der Waals surface area contributed by atoms with Crippen LogP contribution in [0.2, 0.25) is 0 Å². The summed E-state index contributed by atoms with van der Waals surface area (Å²) in [6.07, 6.45) is 0.812. The maximum atomic E-state index is 10.8. The van der Waals surface area contributed by atoms with Crippen molar-refractivity contribution < 1.29 is 14.3 Å². The standard InChI is InChI=1S/C22H18N2O3/c1-26-18-12-8-17(9-13-18)24-21-5-3-2-4-20(21)23-22(24)15-27-19-10-6-16(14-25)7-11-19/h2-14H,15H2,1H3. The van der Waals surface area contributed by atoms with Gasteiger partial charge in [0.05, 0.1) is 18.1 Å². The Hall–Kier alpha value is -3.60. The monoisotopic (exact) mass is 358 g/mol. The first-order chi connectivity index (χ1) is 13.3. The number of aldehydes is 1. The number of carbonyl (C=O) groups excluding carboxylic acids is 1. The Morgan fingerprint density at radius 2 is 1.63 bits per heavy atom. The summed E-state index contributed by atoms with van der Waals surface area (Å²) in [4.78, 5) is 15.5. The average molecular weight is 358 g/mol. The first-order valence-electron chi connectivity index (χ1n) is 8.57. The summed E-state index contributed by atoms with van der Waals surface area (Å²) in [6, 6.07) is 22.8. The molecule has 0 saturated heterocycles. The highest BCUT2D eigenvalue weighted by atomic mass is 16.5. The molecule has 0 bridgehead atoms. The van der Waals surface area contributed by atoms with E-state index in [1.807, 2.05) is 48.5 Å². The van der Waals surface area contributed by atoms with Crippen LogP contribution >= 0.6 is 0 Å². The van der Waals surface area contributed by atoms with Gasteiger partial charge in [0, 0.05) is 11.3 Å². The Kier molecular flexibility index (Phi) is 4.58. The lowest BCUT2D eigenvalue weighted by Crippen LogP contribution is -2.05. The van der Waals surface area contributed by atoms with Crippen LogP contribution in [0, 0.1) is 0 Å². The number of benzene rings is 3. The van der Waals surface area contributed by atoms with Crippen molar-refractivity contribution in [3.8, 4) is 17.2 Å². The van der Waals surface area contributed by atoms with E-state index in [0.717, 1.165) is 34.6 Å². The highest BCUT2D eigenvalue weighted by Gasteiger charge is 2.13. The van der Waals surface area contributed by atoms with Crippen LogP contribution in [0.1, 0.15) is 16.2 Å². The number of hydrogen-bond acceptors (Lipinski definition) is 4. The minimum Gasteiger partial charge on any atom is -0.497 e. The lowest BCUT2D eigenvalue weighted by molar-refractivity contribution is 0.112. The molecule has 0 spiro atoms. The second kappa shape index (κ2) is 7.33. The molecule has 0 atom stereocenters. The molecule has 134 valence electrons.